The molecule has 0 aliphatic carbocycles. The quantitative estimate of drug-likeness (QED) is 0.125. The number of nitrogens with zero attached hydrogens (tertiary/aromatic N) is 2. The summed E-state index contributed by atoms with van der Waals surface area (Å²) in [5.74, 6) is 0.469. The largest absolute Gasteiger partial charge is 0.495 e. The van der Waals surface area contributed by atoms with Gasteiger partial charge in [-0.05, 0) is 82.5 Å². The van der Waals surface area contributed by atoms with E-state index < -0.39 is 22.5 Å². The fourth-order valence-electron chi connectivity index (χ4n) is 4.10. The van der Waals surface area contributed by atoms with E-state index in [-0.39, 0.29) is 17.2 Å². The first-order valence-electron chi connectivity index (χ1n) is 13.0. The SMILES string of the molecule is COc1ccc(C)cc1N(CC(=O)N/N=C\c1cc(Br)c(OCc2ccc(Cl)cc2Cl)c(OC)c1)S(=O)(=O)c1ccccc1. The minimum atomic E-state index is -4.14. The average molecular weight is 721 g/mol. The number of nitrogens with one attached hydrogen (secondary N) is 1. The van der Waals surface area contributed by atoms with Crippen molar-refractivity contribution < 1.29 is 27.4 Å². The lowest BCUT2D eigenvalue weighted by Crippen LogP contribution is -2.39. The lowest BCUT2D eigenvalue weighted by atomic mass is 10.2. The topological polar surface area (TPSA) is 107 Å². The highest BCUT2D eigenvalue weighted by Gasteiger charge is 2.29. The first-order valence-corrected chi connectivity index (χ1v) is 16.0. The van der Waals surface area contributed by atoms with Crippen LogP contribution < -0.4 is 23.9 Å². The molecule has 4 aromatic rings. The molecule has 0 aromatic heterocycles. The van der Waals surface area contributed by atoms with Gasteiger partial charge in [-0.25, -0.2) is 13.8 Å². The van der Waals surface area contributed by atoms with Crippen LogP contribution in [0.25, 0.3) is 0 Å². The number of amides is 1. The van der Waals surface area contributed by atoms with Crippen LogP contribution in [0.15, 0.2) is 93.3 Å². The summed E-state index contributed by atoms with van der Waals surface area (Å²) in [5, 5.41) is 5.04. The Morgan fingerprint density at radius 2 is 1.70 bits per heavy atom. The van der Waals surface area contributed by atoms with E-state index in [4.69, 9.17) is 37.4 Å². The highest BCUT2D eigenvalue weighted by Crippen LogP contribution is 2.37. The third-order valence-electron chi connectivity index (χ3n) is 6.26. The molecular formula is C31H28BrCl2N3O6S. The minimum absolute atomic E-state index is 0.0254. The normalized spacial score (nSPS) is 11.3. The Balaban J connectivity index is 1.52. The average Bonchev–Trinajstić information content (AvgIpc) is 3.00. The van der Waals surface area contributed by atoms with Crippen LogP contribution in [0, 0.1) is 6.92 Å². The van der Waals surface area contributed by atoms with Gasteiger partial charge in [0.15, 0.2) is 11.5 Å². The smallest absolute Gasteiger partial charge is 0.264 e. The zero-order chi connectivity index (χ0) is 31.9. The summed E-state index contributed by atoms with van der Waals surface area (Å²) in [4.78, 5) is 13.1. The van der Waals surface area contributed by atoms with E-state index in [0.29, 0.717) is 37.3 Å². The number of carbonyl (C=O) groups is 1. The van der Waals surface area contributed by atoms with Crippen molar-refractivity contribution >= 4 is 67.0 Å². The maximum Gasteiger partial charge on any atom is 0.264 e. The Hall–Kier alpha value is -3.77. The van der Waals surface area contributed by atoms with E-state index in [1.54, 1.807) is 66.7 Å². The lowest BCUT2D eigenvalue weighted by Gasteiger charge is -2.25. The molecule has 44 heavy (non-hydrogen) atoms. The van der Waals surface area contributed by atoms with Gasteiger partial charge in [0.1, 0.15) is 18.9 Å². The van der Waals surface area contributed by atoms with Crippen molar-refractivity contribution in [2.45, 2.75) is 18.4 Å². The Morgan fingerprint density at radius 3 is 2.39 bits per heavy atom. The number of aryl methyl sites for hydroxylation is 1. The second kappa shape index (κ2) is 14.8. The Kier molecular flexibility index (Phi) is 11.1. The van der Waals surface area contributed by atoms with Crippen LogP contribution in [0.4, 0.5) is 5.69 Å². The summed E-state index contributed by atoms with van der Waals surface area (Å²) in [6.45, 7) is 1.43. The number of methoxy groups -OCH3 is 2. The zero-order valence-corrected chi connectivity index (χ0v) is 27.8. The fraction of sp³-hybridized carbons (Fsp3) is 0.161. The lowest BCUT2D eigenvalue weighted by molar-refractivity contribution is -0.119. The van der Waals surface area contributed by atoms with E-state index in [0.717, 1.165) is 15.4 Å². The van der Waals surface area contributed by atoms with Crippen molar-refractivity contribution in [1.82, 2.24) is 5.43 Å². The van der Waals surface area contributed by atoms with Crippen LogP contribution in [-0.4, -0.2) is 41.3 Å². The highest BCUT2D eigenvalue weighted by molar-refractivity contribution is 9.10. The predicted molar refractivity (Wildman–Crippen MR) is 176 cm³/mol. The molecule has 1 N–H and O–H groups in total. The van der Waals surface area contributed by atoms with Crippen LogP contribution in [0.1, 0.15) is 16.7 Å². The molecule has 230 valence electrons. The molecular weight excluding hydrogens is 693 g/mol. The fourth-order valence-corrected chi connectivity index (χ4v) is 6.58. The Labute approximate surface area is 274 Å². The number of hydrogen-bond acceptors (Lipinski definition) is 7. The summed E-state index contributed by atoms with van der Waals surface area (Å²) in [6.07, 6.45) is 1.40. The predicted octanol–water partition coefficient (Wildman–Crippen LogP) is 7.01. The van der Waals surface area contributed by atoms with Crippen molar-refractivity contribution in [2.24, 2.45) is 5.10 Å². The number of sulfonamides is 1. The van der Waals surface area contributed by atoms with Crippen LogP contribution in [0.2, 0.25) is 10.0 Å². The van der Waals surface area contributed by atoms with Crippen LogP contribution in [-0.2, 0) is 21.4 Å². The van der Waals surface area contributed by atoms with Gasteiger partial charge in [0.05, 0.1) is 35.5 Å². The number of rotatable bonds is 12. The molecule has 0 aliphatic heterocycles. The highest BCUT2D eigenvalue weighted by atomic mass is 79.9. The molecule has 0 aliphatic rings. The summed E-state index contributed by atoms with van der Waals surface area (Å²) < 4.78 is 45.8. The molecule has 0 bridgehead atoms. The first kappa shape index (κ1) is 33.1. The van der Waals surface area contributed by atoms with Gasteiger partial charge in [-0.1, -0.05) is 53.5 Å². The second-order valence-corrected chi connectivity index (χ2v) is 12.9. The number of halogens is 3. The van der Waals surface area contributed by atoms with Crippen molar-refractivity contribution in [1.29, 1.82) is 0 Å². The van der Waals surface area contributed by atoms with Gasteiger partial charge >= 0.3 is 0 Å². The number of hydrazone groups is 1. The molecule has 0 saturated carbocycles. The van der Waals surface area contributed by atoms with Gasteiger partial charge in [-0.2, -0.15) is 5.10 Å². The number of hydrogen-bond donors (Lipinski definition) is 1. The van der Waals surface area contributed by atoms with E-state index in [1.165, 1.54) is 32.6 Å². The van der Waals surface area contributed by atoms with E-state index in [1.807, 2.05) is 6.92 Å². The molecule has 0 fully saturated rings. The summed E-state index contributed by atoms with van der Waals surface area (Å²) in [6, 6.07) is 21.5. The third kappa shape index (κ3) is 8.03. The third-order valence-corrected chi connectivity index (χ3v) is 9.21. The standard InChI is InChI=1S/C31H28BrCl2N3O6S/c1-20-9-12-28(41-2)27(13-20)37(44(39,40)24-7-5-4-6-8-24)18-30(38)36-35-17-21-14-25(32)31(29(15-21)42-3)43-19-22-10-11-23(33)16-26(22)34/h4-17H,18-19H2,1-3H3,(H,36,38)/b35-17-. The summed E-state index contributed by atoms with van der Waals surface area (Å²) in [7, 11) is -1.21. The summed E-state index contributed by atoms with van der Waals surface area (Å²) in [5.41, 5.74) is 4.73. The maximum atomic E-state index is 13.7. The Bertz CT molecular complexity index is 1790. The molecule has 0 saturated heterocycles. The van der Waals surface area contributed by atoms with Crippen LogP contribution >= 0.6 is 39.1 Å². The molecule has 4 aromatic carbocycles. The van der Waals surface area contributed by atoms with Gasteiger partial charge in [-0.3, -0.25) is 9.10 Å². The molecule has 0 atom stereocenters. The Morgan fingerprint density at radius 1 is 0.977 bits per heavy atom. The number of ether oxygens (including phenoxy) is 3. The summed E-state index contributed by atoms with van der Waals surface area (Å²) >= 11 is 15.7. The zero-order valence-electron chi connectivity index (χ0n) is 23.9. The maximum absolute atomic E-state index is 13.7. The molecule has 9 nitrogen and oxygen atoms in total. The van der Waals surface area contributed by atoms with Gasteiger partial charge in [0.2, 0.25) is 0 Å². The molecule has 0 heterocycles. The molecule has 4 rings (SSSR count). The van der Waals surface area contributed by atoms with E-state index >= 15 is 0 Å². The minimum Gasteiger partial charge on any atom is -0.495 e. The first-order chi connectivity index (χ1) is 21.0. The number of benzene rings is 4. The van der Waals surface area contributed by atoms with Gasteiger partial charge in [0, 0.05) is 15.6 Å². The monoisotopic (exact) mass is 719 g/mol. The molecule has 1 amide bonds. The van der Waals surface area contributed by atoms with Crippen molar-refractivity contribution in [3.63, 3.8) is 0 Å². The van der Waals surface area contributed by atoms with E-state index in [9.17, 15) is 13.2 Å². The van der Waals surface area contributed by atoms with Crippen molar-refractivity contribution in [2.75, 3.05) is 25.1 Å². The molecule has 13 heteroatoms. The van der Waals surface area contributed by atoms with Crippen molar-refractivity contribution in [3.8, 4) is 17.2 Å². The second-order valence-electron chi connectivity index (χ2n) is 9.35. The van der Waals surface area contributed by atoms with Gasteiger partial charge in [0.25, 0.3) is 15.9 Å². The van der Waals surface area contributed by atoms with Crippen LogP contribution in [0.5, 0.6) is 17.2 Å². The van der Waals surface area contributed by atoms with Gasteiger partial charge in [-0.15, -0.1) is 0 Å². The number of anilines is 1. The van der Waals surface area contributed by atoms with E-state index in [2.05, 4.69) is 26.5 Å². The van der Waals surface area contributed by atoms with Crippen molar-refractivity contribution in [3.05, 3.63) is 110 Å². The molecule has 0 spiro atoms. The number of carbonyl (C=O) groups excluding carboxylic acids is 1. The van der Waals surface area contributed by atoms with Gasteiger partial charge < -0.3 is 14.2 Å². The molecule has 0 radical (unpaired) electrons. The van der Waals surface area contributed by atoms with Crippen LogP contribution in [0.3, 0.4) is 0 Å². The molecule has 0 unspecified atom stereocenters.